The second-order valence-corrected chi connectivity index (χ2v) is 4.23. The highest BCUT2D eigenvalue weighted by atomic mass is 32.1. The molecule has 0 aliphatic heterocycles. The van der Waals surface area contributed by atoms with Gasteiger partial charge in [0.05, 0.1) is 0 Å². The molecule has 0 fully saturated rings. The van der Waals surface area contributed by atoms with Gasteiger partial charge in [-0.05, 0) is 34.9 Å². The van der Waals surface area contributed by atoms with Gasteiger partial charge >= 0.3 is 0 Å². The number of aliphatic hydroxyl groups is 1. The highest BCUT2D eigenvalue weighted by Gasteiger charge is 2.25. The molecule has 0 radical (unpaired) electrons. The van der Waals surface area contributed by atoms with Crippen LogP contribution in [0.1, 0.15) is 18.1 Å². The van der Waals surface area contributed by atoms with Crippen LogP contribution in [0.4, 0.5) is 0 Å². The van der Waals surface area contributed by atoms with Crippen molar-refractivity contribution in [3.05, 3.63) is 58.3 Å². The fraction of sp³-hybridized carbons (Fsp3) is 0.167. The first kappa shape index (κ1) is 9.44. The number of rotatable bonds is 2. The number of hydrogen-bond donors (Lipinski definition) is 1. The molecule has 1 aromatic carbocycles. The number of benzene rings is 1. The van der Waals surface area contributed by atoms with Gasteiger partial charge in [-0.3, -0.25) is 0 Å². The first-order valence-electron chi connectivity index (χ1n) is 4.52. The van der Waals surface area contributed by atoms with E-state index in [1.54, 1.807) is 11.3 Å². The summed E-state index contributed by atoms with van der Waals surface area (Å²) in [7, 11) is 0. The van der Waals surface area contributed by atoms with Crippen molar-refractivity contribution in [3.8, 4) is 0 Å². The van der Waals surface area contributed by atoms with Gasteiger partial charge in [-0.25, -0.2) is 0 Å². The van der Waals surface area contributed by atoms with E-state index in [-0.39, 0.29) is 0 Å². The number of thiophene rings is 1. The monoisotopic (exact) mass is 204 g/mol. The van der Waals surface area contributed by atoms with E-state index in [0.29, 0.717) is 0 Å². The van der Waals surface area contributed by atoms with Crippen molar-refractivity contribution < 1.29 is 5.11 Å². The summed E-state index contributed by atoms with van der Waals surface area (Å²) in [6.45, 7) is 1.82. The molecule has 14 heavy (non-hydrogen) atoms. The van der Waals surface area contributed by atoms with Crippen molar-refractivity contribution in [1.29, 1.82) is 0 Å². The van der Waals surface area contributed by atoms with Crippen LogP contribution in [0.15, 0.2) is 47.2 Å². The van der Waals surface area contributed by atoms with Crippen LogP contribution < -0.4 is 0 Å². The lowest BCUT2D eigenvalue weighted by Crippen LogP contribution is -2.21. The highest BCUT2D eigenvalue weighted by Crippen LogP contribution is 2.29. The quantitative estimate of drug-likeness (QED) is 0.797. The van der Waals surface area contributed by atoms with Gasteiger partial charge in [-0.15, -0.1) is 0 Å². The Hall–Kier alpha value is -1.12. The molecule has 1 nitrogen and oxygen atoms in total. The molecule has 0 aliphatic carbocycles. The largest absolute Gasteiger partial charge is 0.381 e. The van der Waals surface area contributed by atoms with Crippen molar-refractivity contribution in [2.45, 2.75) is 12.5 Å². The Balaban J connectivity index is 2.43. The predicted molar refractivity (Wildman–Crippen MR) is 59.4 cm³/mol. The smallest absolute Gasteiger partial charge is 0.113 e. The molecular weight excluding hydrogens is 192 g/mol. The van der Waals surface area contributed by atoms with Crippen LogP contribution in [0.25, 0.3) is 0 Å². The summed E-state index contributed by atoms with van der Waals surface area (Å²) in [6, 6.07) is 11.7. The fourth-order valence-electron chi connectivity index (χ4n) is 1.47. The van der Waals surface area contributed by atoms with E-state index in [1.807, 2.05) is 54.1 Å². The molecule has 72 valence electrons. The average Bonchev–Trinajstić information content (AvgIpc) is 2.72. The summed E-state index contributed by atoms with van der Waals surface area (Å²) in [6.07, 6.45) is 0. The van der Waals surface area contributed by atoms with Crippen LogP contribution in [-0.4, -0.2) is 5.11 Å². The molecule has 2 rings (SSSR count). The zero-order chi connectivity index (χ0) is 10.0. The Morgan fingerprint density at radius 3 is 2.36 bits per heavy atom. The molecule has 1 N–H and O–H groups in total. The SMILES string of the molecule is C[C@@](O)(c1ccccc1)c1ccsc1. The predicted octanol–water partition coefficient (Wildman–Crippen LogP) is 3.00. The third-order valence-electron chi connectivity index (χ3n) is 2.42. The van der Waals surface area contributed by atoms with Crippen LogP contribution in [0.3, 0.4) is 0 Å². The third kappa shape index (κ3) is 1.59. The molecule has 0 amide bonds. The average molecular weight is 204 g/mol. The van der Waals surface area contributed by atoms with Crippen molar-refractivity contribution in [2.24, 2.45) is 0 Å². The summed E-state index contributed by atoms with van der Waals surface area (Å²) < 4.78 is 0. The van der Waals surface area contributed by atoms with Gasteiger partial charge in [-0.2, -0.15) is 11.3 Å². The van der Waals surface area contributed by atoms with Crippen molar-refractivity contribution >= 4 is 11.3 Å². The van der Waals surface area contributed by atoms with E-state index in [9.17, 15) is 5.11 Å². The van der Waals surface area contributed by atoms with Crippen molar-refractivity contribution in [1.82, 2.24) is 0 Å². The molecule has 0 spiro atoms. The standard InChI is InChI=1S/C12H12OS/c1-12(13,11-7-8-14-9-11)10-5-3-2-4-6-10/h2-9,13H,1H3/t12-/m1/s1. The van der Waals surface area contributed by atoms with Gasteiger partial charge in [-0.1, -0.05) is 30.3 Å². The fourth-order valence-corrected chi connectivity index (χ4v) is 2.23. The van der Waals surface area contributed by atoms with Crippen LogP contribution >= 0.6 is 11.3 Å². The van der Waals surface area contributed by atoms with Crippen LogP contribution in [-0.2, 0) is 5.60 Å². The first-order chi connectivity index (χ1) is 6.71. The van der Waals surface area contributed by atoms with Gasteiger partial charge in [0.1, 0.15) is 5.60 Å². The Kier molecular flexibility index (Phi) is 2.40. The Labute approximate surface area is 87.7 Å². The molecule has 1 heterocycles. The zero-order valence-corrected chi connectivity index (χ0v) is 8.79. The lowest BCUT2D eigenvalue weighted by molar-refractivity contribution is 0.103. The Bertz CT molecular complexity index is 390. The maximum atomic E-state index is 10.4. The molecular formula is C12H12OS. The van der Waals surface area contributed by atoms with Crippen LogP contribution in [0.2, 0.25) is 0 Å². The third-order valence-corrected chi connectivity index (χ3v) is 3.10. The van der Waals surface area contributed by atoms with Gasteiger partial charge in [0, 0.05) is 0 Å². The van der Waals surface area contributed by atoms with Gasteiger partial charge in [0.25, 0.3) is 0 Å². The maximum Gasteiger partial charge on any atom is 0.113 e. The van der Waals surface area contributed by atoms with E-state index in [0.717, 1.165) is 11.1 Å². The molecule has 0 saturated carbocycles. The number of hydrogen-bond acceptors (Lipinski definition) is 2. The molecule has 2 aromatic rings. The normalized spacial score (nSPS) is 15.0. The van der Waals surface area contributed by atoms with E-state index < -0.39 is 5.60 Å². The minimum Gasteiger partial charge on any atom is -0.381 e. The van der Waals surface area contributed by atoms with Gasteiger partial charge in [0.15, 0.2) is 0 Å². The van der Waals surface area contributed by atoms with E-state index in [1.165, 1.54) is 0 Å². The lowest BCUT2D eigenvalue weighted by Gasteiger charge is -2.22. The summed E-state index contributed by atoms with van der Waals surface area (Å²) in [5.74, 6) is 0. The minimum absolute atomic E-state index is 0.874. The Morgan fingerprint density at radius 2 is 1.79 bits per heavy atom. The van der Waals surface area contributed by atoms with E-state index >= 15 is 0 Å². The summed E-state index contributed by atoms with van der Waals surface area (Å²) in [4.78, 5) is 0. The van der Waals surface area contributed by atoms with Crippen molar-refractivity contribution in [2.75, 3.05) is 0 Å². The van der Waals surface area contributed by atoms with Crippen molar-refractivity contribution in [3.63, 3.8) is 0 Å². The lowest BCUT2D eigenvalue weighted by atomic mass is 9.90. The van der Waals surface area contributed by atoms with E-state index in [2.05, 4.69) is 0 Å². The van der Waals surface area contributed by atoms with Crippen LogP contribution in [0.5, 0.6) is 0 Å². The highest BCUT2D eigenvalue weighted by molar-refractivity contribution is 7.08. The second kappa shape index (κ2) is 3.56. The molecule has 0 saturated heterocycles. The first-order valence-corrected chi connectivity index (χ1v) is 5.46. The molecule has 0 aliphatic rings. The molecule has 0 unspecified atom stereocenters. The molecule has 1 atom stereocenters. The molecule has 0 bridgehead atoms. The zero-order valence-electron chi connectivity index (χ0n) is 7.97. The summed E-state index contributed by atoms with van der Waals surface area (Å²) in [5.41, 5.74) is 1.01. The van der Waals surface area contributed by atoms with Crippen LogP contribution in [0, 0.1) is 0 Å². The summed E-state index contributed by atoms with van der Waals surface area (Å²) in [5, 5.41) is 14.3. The topological polar surface area (TPSA) is 20.2 Å². The second-order valence-electron chi connectivity index (χ2n) is 3.45. The van der Waals surface area contributed by atoms with E-state index in [4.69, 9.17) is 0 Å². The van der Waals surface area contributed by atoms with Gasteiger partial charge in [0.2, 0.25) is 0 Å². The Morgan fingerprint density at radius 1 is 1.07 bits per heavy atom. The molecule has 2 heteroatoms. The van der Waals surface area contributed by atoms with Gasteiger partial charge < -0.3 is 5.11 Å². The maximum absolute atomic E-state index is 10.4. The molecule has 1 aromatic heterocycles. The minimum atomic E-state index is -0.874. The summed E-state index contributed by atoms with van der Waals surface area (Å²) >= 11 is 1.60.